The van der Waals surface area contributed by atoms with Crippen LogP contribution in [0.4, 0.5) is 4.39 Å². The third kappa shape index (κ3) is 3.42. The molecular formula is C22H23FN4O. The van der Waals surface area contributed by atoms with Gasteiger partial charge in [-0.3, -0.25) is 9.36 Å². The van der Waals surface area contributed by atoms with Gasteiger partial charge in [-0.15, -0.1) is 0 Å². The fourth-order valence-corrected chi connectivity index (χ4v) is 3.77. The Labute approximate surface area is 163 Å². The molecule has 3 aromatic rings. The molecule has 1 amide bonds. The van der Waals surface area contributed by atoms with E-state index in [1.165, 1.54) is 24.3 Å². The zero-order valence-electron chi connectivity index (χ0n) is 16.0. The van der Waals surface area contributed by atoms with E-state index in [1.54, 1.807) is 6.20 Å². The van der Waals surface area contributed by atoms with Gasteiger partial charge in [0.25, 0.3) is 5.91 Å². The van der Waals surface area contributed by atoms with E-state index in [-0.39, 0.29) is 23.7 Å². The van der Waals surface area contributed by atoms with Crippen LogP contribution in [0, 0.1) is 5.82 Å². The molecule has 1 saturated heterocycles. The summed E-state index contributed by atoms with van der Waals surface area (Å²) >= 11 is 0. The average molecular weight is 378 g/mol. The number of benzene rings is 1. The first kappa shape index (κ1) is 18.3. The van der Waals surface area contributed by atoms with Gasteiger partial charge >= 0.3 is 0 Å². The minimum Gasteiger partial charge on any atom is -0.330 e. The quantitative estimate of drug-likeness (QED) is 0.671. The van der Waals surface area contributed by atoms with E-state index in [4.69, 9.17) is 4.98 Å². The van der Waals surface area contributed by atoms with Crippen LogP contribution in [0.2, 0.25) is 0 Å². The van der Waals surface area contributed by atoms with Crippen LogP contribution >= 0.6 is 0 Å². The summed E-state index contributed by atoms with van der Waals surface area (Å²) in [5, 5.41) is 0. The Kier molecular flexibility index (Phi) is 4.94. The van der Waals surface area contributed by atoms with Crippen molar-refractivity contribution in [1.82, 2.24) is 19.4 Å². The minimum atomic E-state index is -0.342. The van der Waals surface area contributed by atoms with Gasteiger partial charge in [-0.25, -0.2) is 14.4 Å². The molecule has 1 fully saturated rings. The monoisotopic (exact) mass is 378 g/mol. The number of hydrogen-bond donors (Lipinski definition) is 0. The highest BCUT2D eigenvalue weighted by Crippen LogP contribution is 2.32. The molecule has 144 valence electrons. The van der Waals surface area contributed by atoms with Gasteiger partial charge in [-0.2, -0.15) is 0 Å². The lowest BCUT2D eigenvalue weighted by molar-refractivity contribution is 0.0733. The SMILES string of the molecule is CC(C)c1nccn1-c1cccc(C2CCCN2C(=O)c2ccc(F)cc2)n1. The molecule has 0 spiro atoms. The Bertz CT molecular complexity index is 980. The summed E-state index contributed by atoms with van der Waals surface area (Å²) in [6.45, 7) is 4.88. The molecule has 0 radical (unpaired) electrons. The Hall–Kier alpha value is -3.02. The van der Waals surface area contributed by atoms with Gasteiger partial charge in [0, 0.05) is 30.4 Å². The molecule has 0 bridgehead atoms. The maximum atomic E-state index is 13.2. The number of carbonyl (C=O) groups is 1. The molecule has 28 heavy (non-hydrogen) atoms. The van der Waals surface area contributed by atoms with Crippen LogP contribution in [0.5, 0.6) is 0 Å². The second-order valence-corrected chi connectivity index (χ2v) is 7.39. The van der Waals surface area contributed by atoms with Crippen LogP contribution in [0.25, 0.3) is 5.82 Å². The first-order chi connectivity index (χ1) is 13.5. The predicted molar refractivity (Wildman–Crippen MR) is 105 cm³/mol. The maximum Gasteiger partial charge on any atom is 0.254 e. The van der Waals surface area contributed by atoms with Gasteiger partial charge in [0.15, 0.2) is 0 Å². The van der Waals surface area contributed by atoms with Crippen molar-refractivity contribution in [3.8, 4) is 5.82 Å². The van der Waals surface area contributed by atoms with Gasteiger partial charge in [-0.05, 0) is 49.2 Å². The van der Waals surface area contributed by atoms with Crippen molar-refractivity contribution in [1.29, 1.82) is 0 Å². The first-order valence-electron chi connectivity index (χ1n) is 9.61. The van der Waals surface area contributed by atoms with Crippen molar-refractivity contribution in [3.05, 3.63) is 77.8 Å². The van der Waals surface area contributed by atoms with Gasteiger partial charge in [-0.1, -0.05) is 19.9 Å². The van der Waals surface area contributed by atoms with Crippen molar-refractivity contribution < 1.29 is 9.18 Å². The topological polar surface area (TPSA) is 51.0 Å². The van der Waals surface area contributed by atoms with Crippen LogP contribution < -0.4 is 0 Å². The number of carbonyl (C=O) groups excluding carboxylic acids is 1. The summed E-state index contributed by atoms with van der Waals surface area (Å²) in [7, 11) is 0. The number of amides is 1. The Morgan fingerprint density at radius 2 is 1.96 bits per heavy atom. The number of hydrogen-bond acceptors (Lipinski definition) is 3. The zero-order valence-corrected chi connectivity index (χ0v) is 16.0. The lowest BCUT2D eigenvalue weighted by Gasteiger charge is -2.25. The highest BCUT2D eigenvalue weighted by molar-refractivity contribution is 5.94. The number of nitrogens with zero attached hydrogens (tertiary/aromatic N) is 4. The summed E-state index contributed by atoms with van der Waals surface area (Å²) in [6.07, 6.45) is 5.48. The van der Waals surface area contributed by atoms with Crippen molar-refractivity contribution in [2.24, 2.45) is 0 Å². The molecule has 6 heteroatoms. The van der Waals surface area contributed by atoms with Gasteiger partial charge in [0.1, 0.15) is 17.5 Å². The van der Waals surface area contributed by atoms with Crippen molar-refractivity contribution >= 4 is 5.91 Å². The Morgan fingerprint density at radius 3 is 2.71 bits per heavy atom. The van der Waals surface area contributed by atoms with E-state index in [0.717, 1.165) is 30.2 Å². The van der Waals surface area contributed by atoms with E-state index in [1.807, 2.05) is 33.9 Å². The highest BCUT2D eigenvalue weighted by atomic mass is 19.1. The van der Waals surface area contributed by atoms with Crippen LogP contribution in [-0.4, -0.2) is 31.9 Å². The minimum absolute atomic E-state index is 0.0801. The van der Waals surface area contributed by atoms with Gasteiger partial charge in [0.2, 0.25) is 0 Å². The third-order valence-corrected chi connectivity index (χ3v) is 5.13. The number of aromatic nitrogens is 3. The number of rotatable bonds is 4. The maximum absolute atomic E-state index is 13.2. The summed E-state index contributed by atoms with van der Waals surface area (Å²) in [5.41, 5.74) is 1.37. The van der Waals surface area contributed by atoms with E-state index in [9.17, 15) is 9.18 Å². The summed E-state index contributed by atoms with van der Waals surface area (Å²) in [4.78, 5) is 24.1. The number of imidazole rings is 1. The summed E-state index contributed by atoms with van der Waals surface area (Å²) < 4.78 is 15.2. The summed E-state index contributed by atoms with van der Waals surface area (Å²) in [6, 6.07) is 11.5. The van der Waals surface area contributed by atoms with E-state index in [0.29, 0.717) is 12.1 Å². The van der Waals surface area contributed by atoms with Crippen LogP contribution in [0.1, 0.15) is 60.5 Å². The Morgan fingerprint density at radius 1 is 1.18 bits per heavy atom. The molecule has 0 saturated carbocycles. The average Bonchev–Trinajstić information content (AvgIpc) is 3.38. The van der Waals surface area contributed by atoms with Gasteiger partial charge < -0.3 is 4.90 Å². The zero-order chi connectivity index (χ0) is 19.7. The standard InChI is InChI=1S/C22H23FN4O/c1-15(2)21-24-12-14-27(21)20-7-3-5-18(25-20)19-6-4-13-26(19)22(28)16-8-10-17(23)11-9-16/h3,5,7-12,14-15,19H,4,6,13H2,1-2H3. The van der Waals surface area contributed by atoms with Crippen LogP contribution in [0.3, 0.4) is 0 Å². The normalized spacial score (nSPS) is 16.7. The molecule has 1 atom stereocenters. The molecule has 1 aliphatic heterocycles. The van der Waals surface area contributed by atoms with E-state index in [2.05, 4.69) is 18.8 Å². The predicted octanol–water partition coefficient (Wildman–Crippen LogP) is 4.51. The lowest BCUT2D eigenvalue weighted by Crippen LogP contribution is -2.31. The molecule has 1 aromatic carbocycles. The molecule has 2 aromatic heterocycles. The fourth-order valence-electron chi connectivity index (χ4n) is 3.77. The fraction of sp³-hybridized carbons (Fsp3) is 0.318. The second-order valence-electron chi connectivity index (χ2n) is 7.39. The van der Waals surface area contributed by atoms with Crippen molar-refractivity contribution in [2.45, 2.75) is 38.6 Å². The number of pyridine rings is 1. The van der Waals surface area contributed by atoms with Crippen molar-refractivity contribution in [2.75, 3.05) is 6.54 Å². The third-order valence-electron chi connectivity index (χ3n) is 5.13. The van der Waals surface area contributed by atoms with Gasteiger partial charge in [0.05, 0.1) is 11.7 Å². The highest BCUT2D eigenvalue weighted by Gasteiger charge is 2.31. The molecule has 5 nitrogen and oxygen atoms in total. The molecule has 1 unspecified atom stereocenters. The Balaban J connectivity index is 1.64. The summed E-state index contributed by atoms with van der Waals surface area (Å²) in [5.74, 6) is 1.61. The number of halogens is 1. The molecule has 4 rings (SSSR count). The molecule has 0 aliphatic carbocycles. The smallest absolute Gasteiger partial charge is 0.254 e. The van der Waals surface area contributed by atoms with Crippen LogP contribution in [0.15, 0.2) is 54.9 Å². The molecule has 3 heterocycles. The lowest BCUT2D eigenvalue weighted by atomic mass is 10.1. The molecular weight excluding hydrogens is 355 g/mol. The number of likely N-dealkylation sites (tertiary alicyclic amines) is 1. The first-order valence-corrected chi connectivity index (χ1v) is 9.61. The van der Waals surface area contributed by atoms with Crippen LogP contribution in [-0.2, 0) is 0 Å². The molecule has 1 aliphatic rings. The molecule has 0 N–H and O–H groups in total. The van der Waals surface area contributed by atoms with E-state index < -0.39 is 0 Å². The second kappa shape index (κ2) is 7.54. The van der Waals surface area contributed by atoms with E-state index >= 15 is 0 Å². The largest absolute Gasteiger partial charge is 0.330 e. The van der Waals surface area contributed by atoms with Crippen molar-refractivity contribution in [3.63, 3.8) is 0 Å².